The molecule has 6 nitrogen and oxygen atoms in total. The molecule has 26 heavy (non-hydrogen) atoms. The Bertz CT molecular complexity index is 626. The third kappa shape index (κ3) is 6.16. The number of ether oxygens (including phenoxy) is 1. The highest BCUT2D eigenvalue weighted by Crippen LogP contribution is 2.32. The molecule has 8 heteroatoms. The van der Waals surface area contributed by atoms with Crippen LogP contribution in [0.2, 0.25) is 0 Å². The summed E-state index contributed by atoms with van der Waals surface area (Å²) in [6.07, 6.45) is 3.46. The van der Waals surface area contributed by atoms with E-state index in [4.69, 9.17) is 0 Å². The van der Waals surface area contributed by atoms with Gasteiger partial charge in [0.15, 0.2) is 0 Å². The van der Waals surface area contributed by atoms with Crippen molar-refractivity contribution in [3.63, 3.8) is 0 Å². The monoisotopic (exact) mass is 369 g/mol. The van der Waals surface area contributed by atoms with Crippen molar-refractivity contribution >= 4 is 11.9 Å². The Morgan fingerprint density at radius 2 is 2.08 bits per heavy atom. The average Bonchev–Trinajstić information content (AvgIpc) is 2.59. The van der Waals surface area contributed by atoms with Gasteiger partial charge < -0.3 is 20.7 Å². The molecular formula is C18H25F2N3O3. The highest BCUT2D eigenvalue weighted by Gasteiger charge is 2.22. The van der Waals surface area contributed by atoms with Crippen LogP contribution in [0.15, 0.2) is 18.2 Å². The predicted molar refractivity (Wildman–Crippen MR) is 93.2 cm³/mol. The van der Waals surface area contributed by atoms with Crippen molar-refractivity contribution in [2.45, 2.75) is 51.7 Å². The van der Waals surface area contributed by atoms with E-state index in [1.165, 1.54) is 6.07 Å². The number of benzene rings is 1. The molecule has 1 atom stereocenters. The summed E-state index contributed by atoms with van der Waals surface area (Å²) in [6, 6.07) is 4.27. The molecular weight excluding hydrogens is 344 g/mol. The fraction of sp³-hybridized carbons (Fsp3) is 0.556. The number of hydrogen-bond acceptors (Lipinski definition) is 3. The minimum atomic E-state index is -2.86. The first-order valence-electron chi connectivity index (χ1n) is 8.88. The molecule has 0 saturated heterocycles. The number of urea groups is 1. The molecule has 0 aromatic heterocycles. The fourth-order valence-corrected chi connectivity index (χ4v) is 2.97. The summed E-state index contributed by atoms with van der Waals surface area (Å²) in [5, 5.41) is 8.30. The lowest BCUT2D eigenvalue weighted by atomic mass is 9.87. The number of amides is 3. The highest BCUT2D eigenvalue weighted by atomic mass is 19.3. The van der Waals surface area contributed by atoms with Crippen LogP contribution in [-0.4, -0.2) is 31.6 Å². The number of hydrogen-bond donors (Lipinski definition) is 3. The molecule has 0 bridgehead atoms. The largest absolute Gasteiger partial charge is 0.435 e. The third-order valence-corrected chi connectivity index (χ3v) is 4.17. The predicted octanol–water partition coefficient (Wildman–Crippen LogP) is 2.88. The van der Waals surface area contributed by atoms with Gasteiger partial charge in [-0.05, 0) is 48.9 Å². The van der Waals surface area contributed by atoms with Gasteiger partial charge in [0.1, 0.15) is 5.75 Å². The van der Waals surface area contributed by atoms with Crippen LogP contribution in [0.4, 0.5) is 13.6 Å². The van der Waals surface area contributed by atoms with E-state index in [0.717, 1.165) is 36.8 Å². The summed E-state index contributed by atoms with van der Waals surface area (Å²) in [6.45, 7) is -0.00861. The first kappa shape index (κ1) is 19.9. The molecule has 1 aliphatic carbocycles. The number of rotatable bonds is 8. The highest BCUT2D eigenvalue weighted by molar-refractivity contribution is 5.78. The lowest BCUT2D eigenvalue weighted by Crippen LogP contribution is -2.40. The Balaban J connectivity index is 1.85. The zero-order chi connectivity index (χ0) is 18.9. The van der Waals surface area contributed by atoms with Crippen molar-refractivity contribution in [3.05, 3.63) is 29.3 Å². The minimum Gasteiger partial charge on any atom is -0.435 e. The second-order valence-corrected chi connectivity index (χ2v) is 6.18. The van der Waals surface area contributed by atoms with Crippen molar-refractivity contribution in [1.82, 2.24) is 16.0 Å². The summed E-state index contributed by atoms with van der Waals surface area (Å²) in [7, 11) is 0. The molecule has 1 unspecified atom stereocenters. The standard InChI is InChI=1S/C18H25F2N3O3/c1-2-9-21-16(24)8-10-22-18(25)23-15-5-3-4-12-11-13(26-17(19)20)6-7-14(12)15/h6-7,11,15,17H,2-5,8-10H2,1H3,(H,21,24)(H2,22,23,25). The number of alkyl halides is 2. The number of aryl methyl sites for hydroxylation is 1. The second kappa shape index (κ2) is 9.94. The maximum Gasteiger partial charge on any atom is 0.387 e. The van der Waals surface area contributed by atoms with Crippen molar-refractivity contribution in [2.75, 3.05) is 13.1 Å². The Hall–Kier alpha value is -2.38. The van der Waals surface area contributed by atoms with E-state index in [-0.39, 0.29) is 36.7 Å². The topological polar surface area (TPSA) is 79.5 Å². The molecule has 0 fully saturated rings. The Morgan fingerprint density at radius 3 is 2.81 bits per heavy atom. The summed E-state index contributed by atoms with van der Waals surface area (Å²) in [5.74, 6) is 0.0312. The molecule has 2 rings (SSSR count). The van der Waals surface area contributed by atoms with Gasteiger partial charge in [0.05, 0.1) is 6.04 Å². The number of nitrogens with one attached hydrogen (secondary N) is 3. The van der Waals surface area contributed by atoms with E-state index in [0.29, 0.717) is 6.54 Å². The normalized spacial score (nSPS) is 15.9. The van der Waals surface area contributed by atoms with E-state index >= 15 is 0 Å². The first-order valence-corrected chi connectivity index (χ1v) is 8.88. The molecule has 0 spiro atoms. The van der Waals surface area contributed by atoms with E-state index in [2.05, 4.69) is 20.7 Å². The van der Waals surface area contributed by atoms with Crippen LogP contribution in [0.1, 0.15) is 49.8 Å². The molecule has 1 aliphatic rings. The van der Waals surface area contributed by atoms with Crippen LogP contribution in [-0.2, 0) is 11.2 Å². The molecule has 0 heterocycles. The van der Waals surface area contributed by atoms with Gasteiger partial charge in [-0.15, -0.1) is 0 Å². The van der Waals surface area contributed by atoms with E-state index < -0.39 is 6.61 Å². The van der Waals surface area contributed by atoms with Crippen LogP contribution in [0.3, 0.4) is 0 Å². The van der Waals surface area contributed by atoms with Gasteiger partial charge >= 0.3 is 12.6 Å². The zero-order valence-corrected chi connectivity index (χ0v) is 14.8. The van der Waals surface area contributed by atoms with Crippen LogP contribution in [0.5, 0.6) is 5.75 Å². The molecule has 0 radical (unpaired) electrons. The van der Waals surface area contributed by atoms with E-state index in [1.54, 1.807) is 12.1 Å². The second-order valence-electron chi connectivity index (χ2n) is 6.18. The maximum atomic E-state index is 12.3. The average molecular weight is 369 g/mol. The summed E-state index contributed by atoms with van der Waals surface area (Å²) < 4.78 is 29.1. The van der Waals surface area contributed by atoms with Crippen molar-refractivity contribution in [2.24, 2.45) is 0 Å². The molecule has 144 valence electrons. The van der Waals surface area contributed by atoms with Crippen LogP contribution < -0.4 is 20.7 Å². The molecule has 0 aliphatic heterocycles. The number of halogens is 2. The summed E-state index contributed by atoms with van der Waals surface area (Å²) in [5.41, 5.74) is 1.81. The molecule has 3 amide bonds. The summed E-state index contributed by atoms with van der Waals surface area (Å²) >= 11 is 0. The van der Waals surface area contributed by atoms with Crippen molar-refractivity contribution in [1.29, 1.82) is 0 Å². The fourth-order valence-electron chi connectivity index (χ4n) is 2.97. The Labute approximate surface area is 151 Å². The zero-order valence-electron chi connectivity index (χ0n) is 14.8. The molecule has 1 aromatic carbocycles. The number of fused-ring (bicyclic) bond motifs is 1. The smallest absolute Gasteiger partial charge is 0.387 e. The van der Waals surface area contributed by atoms with E-state index in [9.17, 15) is 18.4 Å². The molecule has 3 N–H and O–H groups in total. The number of carbonyl (C=O) groups is 2. The van der Waals surface area contributed by atoms with Gasteiger partial charge in [-0.3, -0.25) is 4.79 Å². The van der Waals surface area contributed by atoms with Gasteiger partial charge in [0.2, 0.25) is 5.91 Å². The van der Waals surface area contributed by atoms with Gasteiger partial charge in [-0.25, -0.2) is 4.79 Å². The Kier molecular flexibility index (Phi) is 7.62. The Morgan fingerprint density at radius 1 is 1.27 bits per heavy atom. The maximum absolute atomic E-state index is 12.3. The lowest BCUT2D eigenvalue weighted by molar-refractivity contribution is -0.120. The molecule has 1 aromatic rings. The quantitative estimate of drug-likeness (QED) is 0.659. The first-order chi connectivity index (χ1) is 12.5. The van der Waals surface area contributed by atoms with Crippen LogP contribution >= 0.6 is 0 Å². The molecule has 0 saturated carbocycles. The van der Waals surface area contributed by atoms with Gasteiger partial charge in [0.25, 0.3) is 0 Å². The van der Waals surface area contributed by atoms with Crippen molar-refractivity contribution in [3.8, 4) is 5.75 Å². The number of carbonyl (C=O) groups excluding carboxylic acids is 2. The van der Waals surface area contributed by atoms with Gasteiger partial charge in [-0.1, -0.05) is 13.0 Å². The van der Waals surface area contributed by atoms with E-state index in [1.807, 2.05) is 6.92 Å². The minimum absolute atomic E-state index is 0.0956. The van der Waals surface area contributed by atoms with Crippen LogP contribution in [0.25, 0.3) is 0 Å². The van der Waals surface area contributed by atoms with Gasteiger partial charge in [0, 0.05) is 19.5 Å². The third-order valence-electron chi connectivity index (χ3n) is 4.17. The van der Waals surface area contributed by atoms with Gasteiger partial charge in [-0.2, -0.15) is 8.78 Å². The SMILES string of the molecule is CCCNC(=O)CCNC(=O)NC1CCCc2cc(OC(F)F)ccc21. The summed E-state index contributed by atoms with van der Waals surface area (Å²) in [4.78, 5) is 23.5. The van der Waals surface area contributed by atoms with Crippen LogP contribution in [0, 0.1) is 0 Å². The lowest BCUT2D eigenvalue weighted by Gasteiger charge is -2.27. The van der Waals surface area contributed by atoms with Crippen molar-refractivity contribution < 1.29 is 23.1 Å².